The van der Waals surface area contributed by atoms with Gasteiger partial charge in [-0.3, -0.25) is 58.2 Å². The Morgan fingerprint density at radius 3 is 0.804 bits per heavy atom. The van der Waals surface area contributed by atoms with Crippen LogP contribution in [0, 0.1) is 0 Å². The standard InChI is InChI=1S/C27H49N7O12/c1-28-2-4-29(10-13-32(16-22(35)36)17-23(37)38)6-8-31(12-15-34(20-26(43)44)21-27(45)46)9-7-30(5-3-28)11-14-33(18-24(39)40)19-25(41)42/h2-21H2,1H3,(H,35,36)(H,37,38)(H,39,40)(H,41,42)(H,43,44)(H,45,46). The third kappa shape index (κ3) is 20.5. The lowest BCUT2D eigenvalue weighted by atomic mass is 10.3. The zero-order chi connectivity index (χ0) is 34.6. The molecule has 0 radical (unpaired) electrons. The molecule has 1 fully saturated rings. The van der Waals surface area contributed by atoms with Crippen molar-refractivity contribution in [1.82, 2.24) is 34.3 Å². The van der Waals surface area contributed by atoms with Crippen molar-refractivity contribution in [3.63, 3.8) is 0 Å². The maximum absolute atomic E-state index is 11.3. The molecule has 1 aliphatic heterocycles. The van der Waals surface area contributed by atoms with E-state index in [-0.39, 0.29) is 19.6 Å². The molecule has 264 valence electrons. The van der Waals surface area contributed by atoms with Gasteiger partial charge in [0.25, 0.3) is 0 Å². The van der Waals surface area contributed by atoms with E-state index in [0.717, 1.165) is 0 Å². The van der Waals surface area contributed by atoms with E-state index >= 15 is 0 Å². The highest BCUT2D eigenvalue weighted by Crippen LogP contribution is 2.03. The summed E-state index contributed by atoms with van der Waals surface area (Å²) in [4.78, 5) is 80.0. The van der Waals surface area contributed by atoms with E-state index in [2.05, 4.69) is 19.6 Å². The minimum Gasteiger partial charge on any atom is -0.480 e. The van der Waals surface area contributed by atoms with Crippen LogP contribution in [0.1, 0.15) is 0 Å². The van der Waals surface area contributed by atoms with Gasteiger partial charge >= 0.3 is 35.8 Å². The van der Waals surface area contributed by atoms with Gasteiger partial charge in [-0.1, -0.05) is 0 Å². The number of nitrogens with zero attached hydrogens (tertiary/aromatic N) is 7. The topological polar surface area (TPSA) is 246 Å². The molecule has 0 unspecified atom stereocenters. The van der Waals surface area contributed by atoms with Crippen molar-refractivity contribution in [2.45, 2.75) is 0 Å². The monoisotopic (exact) mass is 663 g/mol. The summed E-state index contributed by atoms with van der Waals surface area (Å²) in [5.41, 5.74) is 0. The number of rotatable bonds is 21. The van der Waals surface area contributed by atoms with Crippen LogP contribution in [0.2, 0.25) is 0 Å². The average Bonchev–Trinajstić information content (AvgIpc) is 2.91. The minimum absolute atomic E-state index is 0.164. The molecule has 46 heavy (non-hydrogen) atoms. The zero-order valence-corrected chi connectivity index (χ0v) is 26.4. The highest BCUT2D eigenvalue weighted by Gasteiger charge is 2.21. The quantitative estimate of drug-likeness (QED) is 0.0690. The van der Waals surface area contributed by atoms with Crippen LogP contribution in [0.15, 0.2) is 0 Å². The molecule has 1 heterocycles. The first kappa shape index (κ1) is 40.6. The number of hydrogen-bond donors (Lipinski definition) is 6. The lowest BCUT2D eigenvalue weighted by molar-refractivity contribution is -0.143. The zero-order valence-electron chi connectivity index (χ0n) is 26.4. The molecule has 1 rings (SSSR count). The van der Waals surface area contributed by atoms with Crippen LogP contribution >= 0.6 is 0 Å². The summed E-state index contributed by atoms with van der Waals surface area (Å²) in [6.45, 7) is 3.67. The summed E-state index contributed by atoms with van der Waals surface area (Å²) >= 11 is 0. The van der Waals surface area contributed by atoms with Gasteiger partial charge < -0.3 is 35.5 Å². The molecule has 0 saturated carbocycles. The van der Waals surface area contributed by atoms with Crippen molar-refractivity contribution < 1.29 is 59.4 Å². The van der Waals surface area contributed by atoms with E-state index in [4.69, 9.17) is 0 Å². The van der Waals surface area contributed by atoms with Crippen LogP contribution in [-0.2, 0) is 28.8 Å². The third-order valence-electron chi connectivity index (χ3n) is 7.41. The fraction of sp³-hybridized carbons (Fsp3) is 0.778. The Bertz CT molecular complexity index is 900. The minimum atomic E-state index is -1.16. The molecule has 19 heteroatoms. The van der Waals surface area contributed by atoms with E-state index in [1.54, 1.807) is 0 Å². The van der Waals surface area contributed by atoms with Gasteiger partial charge in [0.1, 0.15) is 0 Å². The number of carboxylic acids is 6. The molecule has 0 atom stereocenters. The fourth-order valence-electron chi connectivity index (χ4n) is 4.95. The van der Waals surface area contributed by atoms with Crippen molar-refractivity contribution in [3.05, 3.63) is 0 Å². The molecule has 0 aromatic carbocycles. The second-order valence-electron chi connectivity index (χ2n) is 11.3. The molecular formula is C27H49N7O12. The summed E-state index contributed by atoms with van der Waals surface area (Å²) in [7, 11) is 1.94. The first-order valence-corrected chi connectivity index (χ1v) is 15.0. The normalized spacial score (nSPS) is 16.7. The van der Waals surface area contributed by atoms with Crippen LogP contribution < -0.4 is 0 Å². The Labute approximate surface area is 267 Å². The Morgan fingerprint density at radius 2 is 0.609 bits per heavy atom. The van der Waals surface area contributed by atoms with Crippen molar-refractivity contribution in [2.24, 2.45) is 0 Å². The van der Waals surface area contributed by atoms with Gasteiger partial charge in [0.15, 0.2) is 0 Å². The molecule has 19 nitrogen and oxygen atoms in total. The molecule has 0 amide bonds. The predicted octanol–water partition coefficient (Wildman–Crippen LogP) is -3.75. The number of likely N-dealkylation sites (N-methyl/N-ethyl adjacent to an activating group) is 1. The molecule has 0 spiro atoms. The molecule has 1 saturated heterocycles. The van der Waals surface area contributed by atoms with Crippen molar-refractivity contribution in [2.75, 3.05) is 138 Å². The van der Waals surface area contributed by atoms with Crippen LogP contribution in [-0.4, -0.2) is 239 Å². The molecule has 0 bridgehead atoms. The largest absolute Gasteiger partial charge is 0.480 e. The van der Waals surface area contributed by atoms with Crippen molar-refractivity contribution in [1.29, 1.82) is 0 Å². The van der Waals surface area contributed by atoms with Crippen LogP contribution in [0.5, 0.6) is 0 Å². The number of hydrogen-bond acceptors (Lipinski definition) is 13. The SMILES string of the molecule is CN1CCN(CCN(CC(=O)O)CC(=O)O)CCN(CCN(CC(=O)O)CC(=O)O)CCN(CCN(CC(=O)O)CC(=O)O)CC1. The summed E-state index contributed by atoms with van der Waals surface area (Å²) in [6.07, 6.45) is 0. The van der Waals surface area contributed by atoms with Gasteiger partial charge in [-0.05, 0) is 7.05 Å². The summed E-state index contributed by atoms with van der Waals surface area (Å²) in [6, 6.07) is 0. The number of carboxylic acid groups (broad SMARTS) is 6. The highest BCUT2D eigenvalue weighted by atomic mass is 16.4. The molecule has 0 aliphatic carbocycles. The maximum Gasteiger partial charge on any atom is 0.317 e. The van der Waals surface area contributed by atoms with Crippen LogP contribution in [0.3, 0.4) is 0 Å². The molecule has 0 aromatic rings. The molecule has 0 aromatic heterocycles. The van der Waals surface area contributed by atoms with E-state index in [9.17, 15) is 59.4 Å². The van der Waals surface area contributed by atoms with E-state index in [1.165, 1.54) is 14.7 Å². The maximum atomic E-state index is 11.3. The van der Waals surface area contributed by atoms with Crippen molar-refractivity contribution >= 4 is 35.8 Å². The molecule has 1 aliphatic rings. The highest BCUT2D eigenvalue weighted by molar-refractivity contribution is 5.73. The van der Waals surface area contributed by atoms with E-state index < -0.39 is 75.1 Å². The van der Waals surface area contributed by atoms with E-state index in [1.807, 2.05) is 7.05 Å². The van der Waals surface area contributed by atoms with Crippen molar-refractivity contribution in [3.8, 4) is 0 Å². The predicted molar refractivity (Wildman–Crippen MR) is 162 cm³/mol. The number of aliphatic carboxylic acids is 6. The Balaban J connectivity index is 3.08. The summed E-state index contributed by atoms with van der Waals surface area (Å²) < 4.78 is 0. The second kappa shape index (κ2) is 22.1. The molecule has 6 N–H and O–H groups in total. The Hall–Kier alpha value is -3.46. The number of carbonyl (C=O) groups is 6. The lowest BCUT2D eigenvalue weighted by Gasteiger charge is -2.35. The Morgan fingerprint density at radius 1 is 0.413 bits per heavy atom. The van der Waals surface area contributed by atoms with Crippen LogP contribution in [0.4, 0.5) is 0 Å². The van der Waals surface area contributed by atoms with Gasteiger partial charge in [-0.15, -0.1) is 0 Å². The first-order valence-electron chi connectivity index (χ1n) is 15.0. The van der Waals surface area contributed by atoms with Gasteiger partial charge in [0.2, 0.25) is 0 Å². The van der Waals surface area contributed by atoms with Gasteiger partial charge in [0.05, 0.1) is 39.3 Å². The fourth-order valence-corrected chi connectivity index (χ4v) is 4.95. The second-order valence-corrected chi connectivity index (χ2v) is 11.3. The smallest absolute Gasteiger partial charge is 0.317 e. The van der Waals surface area contributed by atoms with Crippen LogP contribution in [0.25, 0.3) is 0 Å². The van der Waals surface area contributed by atoms with Gasteiger partial charge in [-0.2, -0.15) is 0 Å². The summed E-state index contributed by atoms with van der Waals surface area (Å²) in [5.74, 6) is -6.84. The average molecular weight is 664 g/mol. The van der Waals surface area contributed by atoms with Gasteiger partial charge in [0, 0.05) is 91.6 Å². The lowest BCUT2D eigenvalue weighted by Crippen LogP contribution is -2.49. The first-order chi connectivity index (χ1) is 21.6. The molecular weight excluding hydrogens is 614 g/mol. The Kier molecular flexibility index (Phi) is 19.5. The third-order valence-corrected chi connectivity index (χ3v) is 7.41. The summed E-state index contributed by atoms with van der Waals surface area (Å²) in [5, 5.41) is 55.3. The van der Waals surface area contributed by atoms with Gasteiger partial charge in [-0.25, -0.2) is 0 Å². The van der Waals surface area contributed by atoms with E-state index in [0.29, 0.717) is 72.0 Å².